The van der Waals surface area contributed by atoms with Crippen molar-refractivity contribution >= 4 is 0 Å². The molecule has 0 saturated heterocycles. The second-order valence-electron chi connectivity index (χ2n) is 3.63. The number of rotatable bonds is 1. The summed E-state index contributed by atoms with van der Waals surface area (Å²) < 4.78 is 13.7. The van der Waals surface area contributed by atoms with Gasteiger partial charge < -0.3 is 10.2 Å². The van der Waals surface area contributed by atoms with Crippen LogP contribution in [0.25, 0.3) is 0 Å². The third-order valence-electron chi connectivity index (χ3n) is 2.64. The summed E-state index contributed by atoms with van der Waals surface area (Å²) in [5.74, 6) is -0.227. The Bertz CT molecular complexity index is 149. The fourth-order valence-corrected chi connectivity index (χ4v) is 1.62. The third kappa shape index (κ3) is 1.27. The second kappa shape index (κ2) is 2.72. The van der Waals surface area contributed by atoms with E-state index in [0.717, 1.165) is 0 Å². The summed E-state index contributed by atoms with van der Waals surface area (Å²) in [6.07, 6.45) is -1.42. The summed E-state index contributed by atoms with van der Waals surface area (Å²) in [4.78, 5) is 0. The minimum absolute atomic E-state index is 0.227. The van der Waals surface area contributed by atoms with E-state index in [1.807, 2.05) is 0 Å². The van der Waals surface area contributed by atoms with Crippen LogP contribution in [0.2, 0.25) is 0 Å². The van der Waals surface area contributed by atoms with Crippen molar-refractivity contribution in [1.29, 1.82) is 0 Å². The number of aliphatic hydroxyl groups is 2. The molecule has 0 bridgehead atoms. The molecule has 0 aliphatic heterocycles. The molecule has 1 saturated carbocycles. The largest absolute Gasteiger partial charge is 0.390 e. The van der Waals surface area contributed by atoms with Crippen LogP contribution in [0.4, 0.5) is 4.39 Å². The number of alkyl halides is 1. The van der Waals surface area contributed by atoms with Gasteiger partial charge >= 0.3 is 0 Å². The molecular weight excluding hydrogens is 147 g/mol. The zero-order valence-electron chi connectivity index (χ0n) is 6.92. The monoisotopic (exact) mass is 162 g/mol. The smallest absolute Gasteiger partial charge is 0.141 e. The molecule has 2 N–H and O–H groups in total. The lowest BCUT2D eigenvalue weighted by Gasteiger charge is -2.28. The number of hydrogen-bond acceptors (Lipinski definition) is 2. The van der Waals surface area contributed by atoms with E-state index in [1.165, 1.54) is 0 Å². The van der Waals surface area contributed by atoms with Gasteiger partial charge in [0.05, 0.1) is 6.10 Å². The summed E-state index contributed by atoms with van der Waals surface area (Å²) in [6, 6.07) is 0. The minimum atomic E-state index is -1.57. The number of hydrogen-bond donors (Lipinski definition) is 2. The van der Waals surface area contributed by atoms with Crippen molar-refractivity contribution in [1.82, 2.24) is 0 Å². The lowest BCUT2D eigenvalue weighted by molar-refractivity contribution is -0.0611. The quantitative estimate of drug-likeness (QED) is 0.600. The molecule has 1 aliphatic carbocycles. The maximum absolute atomic E-state index is 13.7. The van der Waals surface area contributed by atoms with Crippen LogP contribution >= 0.6 is 0 Å². The average molecular weight is 162 g/mol. The summed E-state index contributed by atoms with van der Waals surface area (Å²) in [5.41, 5.74) is -1.57. The maximum atomic E-state index is 13.7. The van der Waals surface area contributed by atoms with Crippen LogP contribution in [-0.2, 0) is 0 Å². The van der Waals surface area contributed by atoms with Gasteiger partial charge in [0.25, 0.3) is 0 Å². The molecule has 0 aromatic carbocycles. The molecule has 3 atom stereocenters. The molecular formula is C8H15FO2. The molecule has 66 valence electrons. The van der Waals surface area contributed by atoms with Crippen molar-refractivity contribution in [2.75, 3.05) is 0 Å². The molecule has 0 spiro atoms. The highest BCUT2D eigenvalue weighted by Crippen LogP contribution is 2.39. The SMILES string of the molecule is CC(C)C1(F)CCC(O)C1O. The van der Waals surface area contributed by atoms with Gasteiger partial charge in [-0.25, -0.2) is 4.39 Å². The van der Waals surface area contributed by atoms with E-state index in [4.69, 9.17) is 5.11 Å². The summed E-state index contributed by atoms with van der Waals surface area (Å²) in [6.45, 7) is 3.45. The third-order valence-corrected chi connectivity index (χ3v) is 2.64. The Hall–Kier alpha value is -0.150. The summed E-state index contributed by atoms with van der Waals surface area (Å²) >= 11 is 0. The van der Waals surface area contributed by atoms with Gasteiger partial charge in [-0.1, -0.05) is 13.8 Å². The zero-order chi connectivity index (χ0) is 8.65. The van der Waals surface area contributed by atoms with Crippen LogP contribution in [0.3, 0.4) is 0 Å². The molecule has 11 heavy (non-hydrogen) atoms. The topological polar surface area (TPSA) is 40.5 Å². The van der Waals surface area contributed by atoms with Crippen molar-refractivity contribution < 1.29 is 14.6 Å². The van der Waals surface area contributed by atoms with Gasteiger partial charge in [0.1, 0.15) is 11.8 Å². The highest BCUT2D eigenvalue weighted by molar-refractivity contribution is 4.99. The predicted octanol–water partition coefficient (Wildman–Crippen LogP) is 0.866. The molecule has 0 aromatic heterocycles. The first-order valence-corrected chi connectivity index (χ1v) is 4.03. The Labute approximate surface area is 66.0 Å². The van der Waals surface area contributed by atoms with Crippen molar-refractivity contribution in [3.8, 4) is 0 Å². The van der Waals surface area contributed by atoms with E-state index in [2.05, 4.69) is 0 Å². The zero-order valence-corrected chi connectivity index (χ0v) is 6.92. The first kappa shape index (κ1) is 8.94. The van der Waals surface area contributed by atoms with Crippen LogP contribution in [0, 0.1) is 5.92 Å². The average Bonchev–Trinajstić information content (AvgIpc) is 2.18. The molecule has 1 rings (SSSR count). The van der Waals surface area contributed by atoms with Crippen LogP contribution in [-0.4, -0.2) is 28.1 Å². The first-order chi connectivity index (χ1) is 4.98. The van der Waals surface area contributed by atoms with Gasteiger partial charge in [0.2, 0.25) is 0 Å². The van der Waals surface area contributed by atoms with Crippen molar-refractivity contribution in [2.24, 2.45) is 5.92 Å². The van der Waals surface area contributed by atoms with E-state index in [0.29, 0.717) is 6.42 Å². The number of aliphatic hydroxyl groups excluding tert-OH is 2. The molecule has 2 nitrogen and oxygen atoms in total. The van der Waals surface area contributed by atoms with Crippen LogP contribution in [0.5, 0.6) is 0 Å². The molecule has 0 heterocycles. The molecule has 1 fully saturated rings. The van der Waals surface area contributed by atoms with Crippen LogP contribution in [0.1, 0.15) is 26.7 Å². The van der Waals surface area contributed by atoms with Gasteiger partial charge in [-0.15, -0.1) is 0 Å². The van der Waals surface area contributed by atoms with E-state index >= 15 is 0 Å². The Morgan fingerprint density at radius 3 is 2.18 bits per heavy atom. The fraction of sp³-hybridized carbons (Fsp3) is 1.00. The molecule has 0 amide bonds. The highest BCUT2D eigenvalue weighted by atomic mass is 19.1. The first-order valence-electron chi connectivity index (χ1n) is 4.03. The van der Waals surface area contributed by atoms with Gasteiger partial charge in [-0.2, -0.15) is 0 Å². The lowest BCUT2D eigenvalue weighted by atomic mass is 9.89. The van der Waals surface area contributed by atoms with Gasteiger partial charge in [0, 0.05) is 0 Å². The summed E-state index contributed by atoms with van der Waals surface area (Å²) in [7, 11) is 0. The van der Waals surface area contributed by atoms with Crippen molar-refractivity contribution in [3.63, 3.8) is 0 Å². The standard InChI is InChI=1S/C8H15FO2/c1-5(2)8(9)4-3-6(10)7(8)11/h5-7,10-11H,3-4H2,1-2H3. The molecule has 3 unspecified atom stereocenters. The van der Waals surface area contributed by atoms with Gasteiger partial charge in [-0.3, -0.25) is 0 Å². The van der Waals surface area contributed by atoms with Crippen molar-refractivity contribution in [2.45, 2.75) is 44.6 Å². The molecule has 0 radical (unpaired) electrons. The Morgan fingerprint density at radius 2 is 2.00 bits per heavy atom. The second-order valence-corrected chi connectivity index (χ2v) is 3.63. The van der Waals surface area contributed by atoms with E-state index in [-0.39, 0.29) is 12.3 Å². The molecule has 1 aliphatic rings. The Balaban J connectivity index is 2.73. The van der Waals surface area contributed by atoms with Crippen LogP contribution in [0.15, 0.2) is 0 Å². The Morgan fingerprint density at radius 1 is 1.45 bits per heavy atom. The molecule has 0 aromatic rings. The molecule has 3 heteroatoms. The predicted molar refractivity (Wildman–Crippen MR) is 39.9 cm³/mol. The highest BCUT2D eigenvalue weighted by Gasteiger charge is 2.49. The van der Waals surface area contributed by atoms with Crippen LogP contribution < -0.4 is 0 Å². The normalized spacial score (nSPS) is 45.3. The summed E-state index contributed by atoms with van der Waals surface area (Å²) in [5, 5.41) is 18.4. The maximum Gasteiger partial charge on any atom is 0.141 e. The van der Waals surface area contributed by atoms with E-state index < -0.39 is 17.9 Å². The van der Waals surface area contributed by atoms with Crippen molar-refractivity contribution in [3.05, 3.63) is 0 Å². The van der Waals surface area contributed by atoms with Gasteiger partial charge in [-0.05, 0) is 18.8 Å². The van der Waals surface area contributed by atoms with E-state index in [9.17, 15) is 9.50 Å². The Kier molecular flexibility index (Phi) is 2.21. The lowest BCUT2D eigenvalue weighted by Crippen LogP contribution is -2.42. The fourth-order valence-electron chi connectivity index (χ4n) is 1.62. The number of halogens is 1. The van der Waals surface area contributed by atoms with E-state index in [1.54, 1.807) is 13.8 Å². The minimum Gasteiger partial charge on any atom is -0.390 e. The van der Waals surface area contributed by atoms with Gasteiger partial charge in [0.15, 0.2) is 0 Å².